The van der Waals surface area contributed by atoms with Gasteiger partial charge in [-0.25, -0.2) is 4.79 Å². The summed E-state index contributed by atoms with van der Waals surface area (Å²) >= 11 is 0. The molecule has 2 heterocycles. The molecule has 1 fully saturated rings. The Kier molecular flexibility index (Phi) is 7.77. The monoisotopic (exact) mass is 475 g/mol. The highest BCUT2D eigenvalue weighted by molar-refractivity contribution is 5.97. The molecule has 2 aromatic rings. The van der Waals surface area contributed by atoms with Crippen LogP contribution in [0.15, 0.2) is 56.8 Å². The molecule has 5 nitrogen and oxygen atoms in total. The van der Waals surface area contributed by atoms with Gasteiger partial charge in [0.05, 0.1) is 17.1 Å². The molecule has 1 aromatic carbocycles. The third-order valence-corrected chi connectivity index (χ3v) is 7.22. The van der Waals surface area contributed by atoms with Gasteiger partial charge in [0, 0.05) is 18.4 Å². The molecule has 0 N–H and O–H groups in total. The van der Waals surface area contributed by atoms with Crippen LogP contribution in [-0.4, -0.2) is 17.0 Å². The average molecular weight is 476 g/mol. The van der Waals surface area contributed by atoms with Gasteiger partial charge in [0.1, 0.15) is 23.0 Å². The molecule has 35 heavy (non-hydrogen) atoms. The van der Waals surface area contributed by atoms with Gasteiger partial charge in [0.25, 0.3) is 0 Å². The molecule has 2 unspecified atom stereocenters. The summed E-state index contributed by atoms with van der Waals surface area (Å²) in [4.78, 5) is 22.2. The zero-order valence-electron chi connectivity index (χ0n) is 21.6. The molecule has 4 rings (SSSR count). The fourth-order valence-corrected chi connectivity index (χ4v) is 4.56. The molecule has 0 spiro atoms. The summed E-state index contributed by atoms with van der Waals surface area (Å²) in [6, 6.07) is 7.00. The number of ether oxygens (including phenoxy) is 2. The lowest BCUT2D eigenvalue weighted by Gasteiger charge is -2.50. The van der Waals surface area contributed by atoms with E-state index in [-0.39, 0.29) is 17.3 Å². The number of allylic oxidation sites excluding steroid dienone is 3. The Bertz CT molecular complexity index is 1260. The number of benzene rings is 1. The normalized spacial score (nSPS) is 22.6. The summed E-state index contributed by atoms with van der Waals surface area (Å²) in [6.07, 6.45) is 12.4. The summed E-state index contributed by atoms with van der Waals surface area (Å²) in [6.45, 7) is 14.9. The Morgan fingerprint density at radius 3 is 2.31 bits per heavy atom. The Morgan fingerprint density at radius 2 is 1.83 bits per heavy atom. The average Bonchev–Trinajstić information content (AvgIpc) is 2.79. The molecule has 1 aliphatic carbocycles. The largest absolute Gasteiger partial charge is 0.486 e. The fourth-order valence-electron chi connectivity index (χ4n) is 4.56. The number of carbonyl (C=O) groups is 1. The first kappa shape index (κ1) is 26.5. The molecule has 2 aliphatic rings. The van der Waals surface area contributed by atoms with Gasteiger partial charge in [-0.15, -0.1) is 6.42 Å². The van der Waals surface area contributed by atoms with Crippen molar-refractivity contribution in [2.24, 2.45) is 5.92 Å². The zero-order valence-corrected chi connectivity index (χ0v) is 21.6. The maximum Gasteiger partial charge on any atom is 0.336 e. The highest BCUT2D eigenvalue weighted by atomic mass is 16.5. The highest BCUT2D eigenvalue weighted by Gasteiger charge is 2.50. The molecule has 0 bridgehead atoms. The maximum atomic E-state index is 12.0. The fraction of sp³-hybridized carbons (Fsp3) is 0.433. The van der Waals surface area contributed by atoms with Gasteiger partial charge in [-0.1, -0.05) is 18.1 Å². The molecule has 5 heteroatoms. The van der Waals surface area contributed by atoms with Crippen molar-refractivity contribution in [3.63, 3.8) is 0 Å². The van der Waals surface area contributed by atoms with Crippen molar-refractivity contribution in [2.45, 2.75) is 78.1 Å². The SMILES string of the molecule is C#CC1C(OC2(/C(C)=C/C)CCC2)c2c(ccc3ccc(=O)oc23)OC1(C)C.[CH2]C(=O)/C(C)=C/C. The van der Waals surface area contributed by atoms with Gasteiger partial charge in [-0.3, -0.25) is 4.79 Å². The second kappa shape index (κ2) is 10.3. The van der Waals surface area contributed by atoms with Crippen LogP contribution >= 0.6 is 0 Å². The second-order valence-electron chi connectivity index (χ2n) is 9.75. The van der Waals surface area contributed by atoms with Crippen molar-refractivity contribution < 1.29 is 18.7 Å². The van der Waals surface area contributed by atoms with Crippen LogP contribution in [0.5, 0.6) is 5.75 Å². The van der Waals surface area contributed by atoms with Crippen LogP contribution < -0.4 is 10.4 Å². The van der Waals surface area contributed by atoms with Gasteiger partial charge in [-0.2, -0.15) is 0 Å². The van der Waals surface area contributed by atoms with E-state index >= 15 is 0 Å². The molecule has 2 atom stereocenters. The van der Waals surface area contributed by atoms with Crippen molar-refractivity contribution in [3.8, 4) is 18.1 Å². The number of Topliss-reactive ketones (excluding diaryl/α,β-unsaturated/α-hetero) is 1. The van der Waals surface area contributed by atoms with E-state index in [1.54, 1.807) is 19.1 Å². The van der Waals surface area contributed by atoms with E-state index in [0.29, 0.717) is 11.3 Å². The summed E-state index contributed by atoms with van der Waals surface area (Å²) in [5.74, 6) is 3.15. The Morgan fingerprint density at radius 1 is 1.17 bits per heavy atom. The van der Waals surface area contributed by atoms with E-state index in [9.17, 15) is 9.59 Å². The van der Waals surface area contributed by atoms with Gasteiger partial charge < -0.3 is 13.9 Å². The number of carbonyl (C=O) groups excluding carboxylic acids is 1. The molecule has 0 saturated heterocycles. The Labute approximate surface area is 208 Å². The van der Waals surface area contributed by atoms with Crippen LogP contribution in [0.4, 0.5) is 0 Å². The minimum Gasteiger partial charge on any atom is -0.486 e. The molecule has 1 saturated carbocycles. The van der Waals surface area contributed by atoms with Gasteiger partial charge >= 0.3 is 5.63 Å². The third kappa shape index (κ3) is 5.13. The van der Waals surface area contributed by atoms with Gasteiger partial charge in [0.15, 0.2) is 5.78 Å². The molecule has 1 aliphatic heterocycles. The van der Waals surface area contributed by atoms with Crippen molar-refractivity contribution >= 4 is 16.8 Å². The van der Waals surface area contributed by atoms with Crippen molar-refractivity contribution in [1.29, 1.82) is 0 Å². The van der Waals surface area contributed by atoms with Crippen LogP contribution in [0.3, 0.4) is 0 Å². The van der Waals surface area contributed by atoms with E-state index in [4.69, 9.17) is 20.3 Å². The van der Waals surface area contributed by atoms with Crippen LogP contribution in [0, 0.1) is 25.2 Å². The molecule has 0 amide bonds. The van der Waals surface area contributed by atoms with Crippen molar-refractivity contribution in [3.05, 3.63) is 70.5 Å². The van der Waals surface area contributed by atoms with E-state index in [1.807, 2.05) is 39.8 Å². The van der Waals surface area contributed by atoms with Crippen LogP contribution in [-0.2, 0) is 9.53 Å². The third-order valence-electron chi connectivity index (χ3n) is 7.22. The smallest absolute Gasteiger partial charge is 0.336 e. The summed E-state index contributed by atoms with van der Waals surface area (Å²) in [7, 11) is 0. The van der Waals surface area contributed by atoms with E-state index in [1.165, 1.54) is 11.6 Å². The minimum absolute atomic E-state index is 0.0949. The molecule has 1 aromatic heterocycles. The summed E-state index contributed by atoms with van der Waals surface area (Å²) < 4.78 is 18.7. The first-order valence-electron chi connectivity index (χ1n) is 12.0. The number of ketones is 1. The van der Waals surface area contributed by atoms with Crippen molar-refractivity contribution in [1.82, 2.24) is 0 Å². The summed E-state index contributed by atoms with van der Waals surface area (Å²) in [5, 5.41) is 0.830. The van der Waals surface area contributed by atoms with E-state index in [2.05, 4.69) is 25.8 Å². The second-order valence-corrected chi connectivity index (χ2v) is 9.75. The summed E-state index contributed by atoms with van der Waals surface area (Å²) in [5.41, 5.74) is 1.85. The molecular formula is C30H35O5. The Balaban J connectivity index is 0.000000429. The minimum atomic E-state index is -0.607. The lowest BCUT2D eigenvalue weighted by molar-refractivity contribution is -0.158. The maximum absolute atomic E-state index is 12.0. The molecular weight excluding hydrogens is 440 g/mol. The van der Waals surface area contributed by atoms with Gasteiger partial charge in [0.2, 0.25) is 0 Å². The number of fused-ring (bicyclic) bond motifs is 3. The van der Waals surface area contributed by atoms with E-state index in [0.717, 1.165) is 35.8 Å². The zero-order chi connectivity index (χ0) is 26.0. The first-order valence-corrected chi connectivity index (χ1v) is 12.0. The number of hydrogen-bond donors (Lipinski definition) is 0. The van der Waals surface area contributed by atoms with Crippen molar-refractivity contribution in [2.75, 3.05) is 0 Å². The van der Waals surface area contributed by atoms with Crippen LogP contribution in [0.1, 0.15) is 72.5 Å². The van der Waals surface area contributed by atoms with Crippen LogP contribution in [0.25, 0.3) is 11.0 Å². The number of terminal acetylenes is 1. The quantitative estimate of drug-likeness (QED) is 0.218. The predicted octanol–water partition coefficient (Wildman–Crippen LogP) is 6.52. The molecule has 185 valence electrons. The van der Waals surface area contributed by atoms with Gasteiger partial charge in [-0.05, 0) is 90.2 Å². The topological polar surface area (TPSA) is 65.7 Å². The first-order chi connectivity index (χ1) is 16.5. The number of hydrogen-bond acceptors (Lipinski definition) is 5. The molecule has 1 radical (unpaired) electrons. The Hall–Kier alpha value is -3.10. The number of rotatable bonds is 4. The lowest BCUT2D eigenvalue weighted by Crippen LogP contribution is -2.49. The lowest BCUT2D eigenvalue weighted by atomic mass is 9.73. The highest BCUT2D eigenvalue weighted by Crippen LogP contribution is 2.53. The predicted molar refractivity (Wildman–Crippen MR) is 139 cm³/mol. The van der Waals surface area contributed by atoms with E-state index < -0.39 is 17.3 Å². The standard InChI is InChI=1S/C24H26O4.C6H9O/c1-6-15(3)24(13-8-14-24)28-22-17(7-2)23(4,5)27-18-11-9-16-10-12-19(25)26-21(16)20(18)22;1-4-5(2)6(3)7/h2,6,9-12,17,22H,8,13-14H2,1,3-5H3;4H,3H2,1-2H3/b15-6+;5-4+. The van der Waals surface area contributed by atoms with Crippen LogP contribution in [0.2, 0.25) is 0 Å².